The van der Waals surface area contributed by atoms with Crippen LogP contribution in [0.15, 0.2) is 29.1 Å². The zero-order chi connectivity index (χ0) is 6.53. The van der Waals surface area contributed by atoms with Gasteiger partial charge >= 0.3 is 0 Å². The third kappa shape index (κ3) is 1.46. The Morgan fingerprint density at radius 1 is 1.67 bits per heavy atom. The minimum atomic E-state index is 0.913. The fraction of sp³-hybridized carbons (Fsp3) is 0. The monoisotopic (exact) mass is 119 g/mol. The van der Waals surface area contributed by atoms with Crippen LogP contribution in [-0.2, 0) is 0 Å². The molecule has 1 rings (SSSR count). The van der Waals surface area contributed by atoms with E-state index in [9.17, 15) is 0 Å². The lowest BCUT2D eigenvalue weighted by Crippen LogP contribution is -1.55. The molecule has 9 heavy (non-hydrogen) atoms. The first-order chi connectivity index (χ1) is 4.43. The Morgan fingerprint density at radius 2 is 2.56 bits per heavy atom. The molecule has 0 aliphatic carbocycles. The molecule has 0 spiro atoms. The predicted molar refractivity (Wildman–Crippen MR) is 33.4 cm³/mol. The van der Waals surface area contributed by atoms with E-state index in [4.69, 9.17) is 9.68 Å². The van der Waals surface area contributed by atoms with Crippen LogP contribution in [-0.4, -0.2) is 0 Å². The molecule has 2 nitrogen and oxygen atoms in total. The maximum Gasteiger partial charge on any atom is 0.0975 e. The highest BCUT2D eigenvalue weighted by Gasteiger charge is 1.82. The van der Waals surface area contributed by atoms with Crippen molar-refractivity contribution < 1.29 is 4.42 Å². The topological polar surface area (TPSA) is 36.9 Å². The van der Waals surface area contributed by atoms with Crippen molar-refractivity contribution in [1.29, 1.82) is 5.26 Å². The number of nitriles is 1. The number of hydrogen-bond acceptors (Lipinski definition) is 2. The van der Waals surface area contributed by atoms with Crippen molar-refractivity contribution in [2.45, 2.75) is 0 Å². The second-order valence-electron chi connectivity index (χ2n) is 1.52. The van der Waals surface area contributed by atoms with Gasteiger partial charge < -0.3 is 4.42 Å². The van der Waals surface area contributed by atoms with Crippen LogP contribution < -0.4 is 0 Å². The molecular formula is C7H5NO. The molecule has 1 aromatic heterocycles. The van der Waals surface area contributed by atoms with E-state index < -0.39 is 0 Å². The summed E-state index contributed by atoms with van der Waals surface area (Å²) in [4.78, 5) is 0. The fourth-order valence-corrected chi connectivity index (χ4v) is 0.503. The van der Waals surface area contributed by atoms with Crippen molar-refractivity contribution >= 4 is 6.08 Å². The summed E-state index contributed by atoms with van der Waals surface area (Å²) >= 11 is 0. The van der Waals surface area contributed by atoms with E-state index in [0.717, 1.165) is 5.56 Å². The summed E-state index contributed by atoms with van der Waals surface area (Å²) in [5.74, 6) is 0. The Morgan fingerprint density at radius 3 is 3.11 bits per heavy atom. The van der Waals surface area contributed by atoms with Crippen LogP contribution in [0, 0.1) is 11.3 Å². The number of hydrogen-bond donors (Lipinski definition) is 0. The van der Waals surface area contributed by atoms with Crippen LogP contribution in [0.4, 0.5) is 0 Å². The highest BCUT2D eigenvalue weighted by Crippen LogP contribution is 2.00. The van der Waals surface area contributed by atoms with E-state index in [1.165, 1.54) is 6.08 Å². The summed E-state index contributed by atoms with van der Waals surface area (Å²) in [7, 11) is 0. The van der Waals surface area contributed by atoms with E-state index in [1.54, 1.807) is 24.7 Å². The van der Waals surface area contributed by atoms with Crippen LogP contribution in [0.5, 0.6) is 0 Å². The molecular weight excluding hydrogens is 114 g/mol. The van der Waals surface area contributed by atoms with Crippen molar-refractivity contribution in [2.75, 3.05) is 0 Å². The van der Waals surface area contributed by atoms with E-state index in [0.29, 0.717) is 0 Å². The average Bonchev–Trinajstić information content (AvgIpc) is 2.34. The second kappa shape index (κ2) is 2.73. The molecule has 0 radical (unpaired) electrons. The molecule has 0 N–H and O–H groups in total. The predicted octanol–water partition coefficient (Wildman–Crippen LogP) is 1.82. The van der Waals surface area contributed by atoms with Crippen LogP contribution >= 0.6 is 0 Å². The zero-order valence-corrected chi connectivity index (χ0v) is 4.74. The van der Waals surface area contributed by atoms with E-state index in [1.807, 2.05) is 6.07 Å². The van der Waals surface area contributed by atoms with Gasteiger partial charge in [-0.05, 0) is 12.1 Å². The highest BCUT2D eigenvalue weighted by atomic mass is 16.3. The van der Waals surface area contributed by atoms with Gasteiger partial charge in [0.05, 0.1) is 18.6 Å². The molecule has 1 aromatic rings. The summed E-state index contributed by atoms with van der Waals surface area (Å²) in [5, 5.41) is 8.10. The minimum absolute atomic E-state index is 0.913. The normalized spacial score (nSPS) is 9.67. The average molecular weight is 119 g/mol. The first kappa shape index (κ1) is 5.64. The van der Waals surface area contributed by atoms with Gasteiger partial charge in [0, 0.05) is 11.6 Å². The summed E-state index contributed by atoms with van der Waals surface area (Å²) in [6.07, 6.45) is 6.24. The van der Waals surface area contributed by atoms with Gasteiger partial charge in [-0.3, -0.25) is 0 Å². The molecule has 0 aliphatic rings. The summed E-state index contributed by atoms with van der Waals surface area (Å²) < 4.78 is 4.75. The lowest BCUT2D eigenvalue weighted by Gasteiger charge is -1.72. The lowest BCUT2D eigenvalue weighted by molar-refractivity contribution is 0.567. The first-order valence-corrected chi connectivity index (χ1v) is 2.52. The Balaban J connectivity index is 2.71. The maximum atomic E-state index is 8.10. The number of allylic oxidation sites excluding steroid dienone is 1. The Hall–Kier alpha value is -1.49. The SMILES string of the molecule is N#C/C=C/c1ccoc1. The van der Waals surface area contributed by atoms with Crippen molar-refractivity contribution in [2.24, 2.45) is 0 Å². The fourth-order valence-electron chi connectivity index (χ4n) is 0.503. The van der Waals surface area contributed by atoms with Crippen LogP contribution in [0.1, 0.15) is 5.56 Å². The molecule has 0 atom stereocenters. The Kier molecular flexibility index (Phi) is 1.71. The molecule has 0 amide bonds. The van der Waals surface area contributed by atoms with Crippen molar-refractivity contribution in [3.63, 3.8) is 0 Å². The first-order valence-electron chi connectivity index (χ1n) is 2.52. The zero-order valence-electron chi connectivity index (χ0n) is 4.74. The number of nitrogens with zero attached hydrogens (tertiary/aromatic N) is 1. The van der Waals surface area contributed by atoms with Gasteiger partial charge in [0.1, 0.15) is 0 Å². The number of rotatable bonds is 1. The molecule has 44 valence electrons. The quantitative estimate of drug-likeness (QED) is 0.528. The van der Waals surface area contributed by atoms with E-state index >= 15 is 0 Å². The van der Waals surface area contributed by atoms with Crippen molar-refractivity contribution in [3.05, 3.63) is 30.2 Å². The molecule has 0 aliphatic heterocycles. The standard InChI is InChI=1S/C7H5NO/c8-4-1-2-7-3-5-9-6-7/h1-3,5-6H/b2-1+. The van der Waals surface area contributed by atoms with Gasteiger partial charge in [-0.1, -0.05) is 0 Å². The smallest absolute Gasteiger partial charge is 0.0975 e. The molecule has 0 unspecified atom stereocenters. The number of furan rings is 1. The third-order valence-corrected chi connectivity index (χ3v) is 0.894. The van der Waals surface area contributed by atoms with Gasteiger partial charge in [-0.25, -0.2) is 0 Å². The van der Waals surface area contributed by atoms with Gasteiger partial charge in [0.2, 0.25) is 0 Å². The van der Waals surface area contributed by atoms with Crippen molar-refractivity contribution in [1.82, 2.24) is 0 Å². The molecule has 0 aromatic carbocycles. The minimum Gasteiger partial charge on any atom is -0.472 e. The largest absolute Gasteiger partial charge is 0.472 e. The van der Waals surface area contributed by atoms with Crippen molar-refractivity contribution in [3.8, 4) is 6.07 Å². The summed E-state index contributed by atoms with van der Waals surface area (Å²) in [6, 6.07) is 3.67. The van der Waals surface area contributed by atoms with Crippen LogP contribution in [0.2, 0.25) is 0 Å². The molecule has 0 saturated carbocycles. The van der Waals surface area contributed by atoms with Gasteiger partial charge in [0.15, 0.2) is 0 Å². The van der Waals surface area contributed by atoms with Gasteiger partial charge in [-0.15, -0.1) is 0 Å². The summed E-state index contributed by atoms with van der Waals surface area (Å²) in [6.45, 7) is 0. The lowest BCUT2D eigenvalue weighted by atomic mass is 10.3. The van der Waals surface area contributed by atoms with Gasteiger partial charge in [0.25, 0.3) is 0 Å². The molecule has 1 heterocycles. The molecule has 2 heteroatoms. The highest BCUT2D eigenvalue weighted by molar-refractivity contribution is 5.49. The molecule has 0 bridgehead atoms. The molecule has 0 fully saturated rings. The summed E-state index contributed by atoms with van der Waals surface area (Å²) in [5.41, 5.74) is 0.913. The second-order valence-corrected chi connectivity index (χ2v) is 1.52. The Bertz CT molecular complexity index is 228. The van der Waals surface area contributed by atoms with E-state index in [-0.39, 0.29) is 0 Å². The molecule has 0 saturated heterocycles. The van der Waals surface area contributed by atoms with E-state index in [2.05, 4.69) is 0 Å². The third-order valence-electron chi connectivity index (χ3n) is 0.894. The Labute approximate surface area is 53.0 Å². The van der Waals surface area contributed by atoms with Gasteiger partial charge in [-0.2, -0.15) is 5.26 Å². The maximum absolute atomic E-state index is 8.10. The van der Waals surface area contributed by atoms with Crippen LogP contribution in [0.3, 0.4) is 0 Å². The van der Waals surface area contributed by atoms with Crippen LogP contribution in [0.25, 0.3) is 6.08 Å².